The number of nitrogens with zero attached hydrogens (tertiary/aromatic N) is 2. The van der Waals surface area contributed by atoms with Gasteiger partial charge in [0.25, 0.3) is 11.8 Å². The smallest absolute Gasteiger partial charge is 0.262 e. The molecule has 2 aliphatic rings. The lowest BCUT2D eigenvalue weighted by Gasteiger charge is -2.33. The number of rotatable bonds is 2. The van der Waals surface area contributed by atoms with Crippen molar-refractivity contribution in [1.29, 1.82) is 0 Å². The van der Waals surface area contributed by atoms with Gasteiger partial charge in [0.2, 0.25) is 5.91 Å². The van der Waals surface area contributed by atoms with Crippen molar-refractivity contribution in [2.75, 3.05) is 18.0 Å². The van der Waals surface area contributed by atoms with Crippen molar-refractivity contribution in [3.05, 3.63) is 64.7 Å². The zero-order valence-electron chi connectivity index (χ0n) is 14.3. The van der Waals surface area contributed by atoms with E-state index in [-0.39, 0.29) is 12.5 Å². The first-order valence-corrected chi connectivity index (χ1v) is 8.51. The molecule has 2 aromatic rings. The predicted molar refractivity (Wildman–Crippen MR) is 94.9 cm³/mol. The van der Waals surface area contributed by atoms with Crippen LogP contribution in [-0.2, 0) is 4.79 Å². The Balaban J connectivity index is 1.60. The highest BCUT2D eigenvalue weighted by atomic mass is 16.3. The third kappa shape index (κ3) is 2.50. The highest BCUT2D eigenvalue weighted by Crippen LogP contribution is 2.34. The first kappa shape index (κ1) is 16.5. The number of aliphatic hydroxyl groups excluding tert-OH is 1. The van der Waals surface area contributed by atoms with Crippen LogP contribution in [0.2, 0.25) is 0 Å². The van der Waals surface area contributed by atoms with E-state index in [1.807, 2.05) is 19.1 Å². The fraction of sp³-hybridized carbons (Fsp3) is 0.250. The lowest BCUT2D eigenvalue weighted by atomic mass is 9.97. The molecule has 0 spiro atoms. The van der Waals surface area contributed by atoms with Crippen LogP contribution in [0.1, 0.15) is 44.4 Å². The predicted octanol–water partition coefficient (Wildman–Crippen LogP) is 2.06. The lowest BCUT2D eigenvalue weighted by molar-refractivity contribution is -0.119. The molecule has 0 saturated heterocycles. The molecule has 1 atom stereocenters. The van der Waals surface area contributed by atoms with Crippen molar-refractivity contribution in [2.24, 2.45) is 0 Å². The van der Waals surface area contributed by atoms with Gasteiger partial charge in [-0.05, 0) is 31.5 Å². The quantitative estimate of drug-likeness (QED) is 0.841. The molecule has 1 N–H and O–H groups in total. The number of carbonyl (C=O) groups is 3. The van der Waals surface area contributed by atoms with Crippen LogP contribution in [0.15, 0.2) is 42.5 Å². The van der Waals surface area contributed by atoms with Crippen molar-refractivity contribution < 1.29 is 19.5 Å². The molecule has 0 saturated carbocycles. The molecule has 4 rings (SSSR count). The molecule has 6 nitrogen and oxygen atoms in total. The number of aryl methyl sites for hydroxylation is 1. The molecule has 1 unspecified atom stereocenters. The van der Waals surface area contributed by atoms with Crippen molar-refractivity contribution >= 4 is 23.4 Å². The molecule has 2 aliphatic heterocycles. The molecule has 26 heavy (non-hydrogen) atoms. The number of amides is 3. The molecule has 132 valence electrons. The van der Waals surface area contributed by atoms with Crippen LogP contribution < -0.4 is 4.90 Å². The Morgan fingerprint density at radius 1 is 1.12 bits per heavy atom. The van der Waals surface area contributed by atoms with Gasteiger partial charge in [-0.25, -0.2) is 0 Å². The van der Waals surface area contributed by atoms with Gasteiger partial charge in [-0.2, -0.15) is 0 Å². The van der Waals surface area contributed by atoms with E-state index in [0.29, 0.717) is 35.3 Å². The van der Waals surface area contributed by atoms with Crippen molar-refractivity contribution in [1.82, 2.24) is 4.90 Å². The van der Waals surface area contributed by atoms with E-state index in [1.54, 1.807) is 35.2 Å². The van der Waals surface area contributed by atoms with E-state index in [4.69, 9.17) is 0 Å². The fourth-order valence-electron chi connectivity index (χ4n) is 3.58. The van der Waals surface area contributed by atoms with Crippen molar-refractivity contribution in [3.63, 3.8) is 0 Å². The molecule has 2 heterocycles. The second-order valence-electron chi connectivity index (χ2n) is 6.65. The Morgan fingerprint density at radius 3 is 2.42 bits per heavy atom. The van der Waals surface area contributed by atoms with Crippen LogP contribution in [0.4, 0.5) is 5.69 Å². The third-order valence-corrected chi connectivity index (χ3v) is 4.93. The Kier molecular flexibility index (Phi) is 3.85. The normalized spacial score (nSPS) is 18.8. The van der Waals surface area contributed by atoms with Gasteiger partial charge in [0.1, 0.15) is 6.54 Å². The maximum Gasteiger partial charge on any atom is 0.262 e. The second kappa shape index (κ2) is 6.07. The molecule has 0 aromatic heterocycles. The summed E-state index contributed by atoms with van der Waals surface area (Å²) in [6, 6.07) is 12.1. The Hall–Kier alpha value is -2.99. The van der Waals surface area contributed by atoms with E-state index in [0.717, 1.165) is 10.5 Å². The summed E-state index contributed by atoms with van der Waals surface area (Å²) in [5.74, 6) is -1.23. The minimum atomic E-state index is -0.617. The minimum Gasteiger partial charge on any atom is -0.388 e. The summed E-state index contributed by atoms with van der Waals surface area (Å²) >= 11 is 0. The fourth-order valence-corrected chi connectivity index (χ4v) is 3.58. The number of imide groups is 1. The van der Waals surface area contributed by atoms with Gasteiger partial charge in [-0.15, -0.1) is 0 Å². The molecule has 0 bridgehead atoms. The van der Waals surface area contributed by atoms with E-state index < -0.39 is 17.9 Å². The monoisotopic (exact) mass is 350 g/mol. The number of hydrogen-bond donors (Lipinski definition) is 1. The zero-order valence-corrected chi connectivity index (χ0v) is 14.3. The van der Waals surface area contributed by atoms with E-state index in [2.05, 4.69) is 0 Å². The zero-order chi connectivity index (χ0) is 18.4. The van der Waals surface area contributed by atoms with Crippen LogP contribution in [0.5, 0.6) is 0 Å². The molecule has 2 aromatic carbocycles. The van der Waals surface area contributed by atoms with Crippen LogP contribution in [0, 0.1) is 6.92 Å². The van der Waals surface area contributed by atoms with Gasteiger partial charge in [0, 0.05) is 17.8 Å². The van der Waals surface area contributed by atoms with Gasteiger partial charge in [-0.1, -0.05) is 29.8 Å². The lowest BCUT2D eigenvalue weighted by Crippen LogP contribution is -2.45. The summed E-state index contributed by atoms with van der Waals surface area (Å²) < 4.78 is 0. The number of aliphatic hydroxyl groups is 1. The van der Waals surface area contributed by atoms with Crippen LogP contribution in [0.25, 0.3) is 0 Å². The van der Waals surface area contributed by atoms with Gasteiger partial charge in [-0.3, -0.25) is 19.3 Å². The summed E-state index contributed by atoms with van der Waals surface area (Å²) in [5, 5.41) is 10.2. The maximum absolute atomic E-state index is 12.8. The largest absolute Gasteiger partial charge is 0.388 e. The molecular weight excluding hydrogens is 332 g/mol. The number of carbonyl (C=O) groups excluding carboxylic acids is 3. The standard InChI is InChI=1S/C20H18N2O4/c1-12-6-7-16-15(10-12)17(23)8-9-21(16)18(24)11-22-19(25)13-4-2-3-5-14(13)20(22)26/h2-7,10,17,23H,8-9,11H2,1H3. The van der Waals surface area contributed by atoms with Crippen LogP contribution in [-0.4, -0.2) is 40.8 Å². The maximum atomic E-state index is 12.8. The van der Waals surface area contributed by atoms with Gasteiger partial charge >= 0.3 is 0 Å². The average molecular weight is 350 g/mol. The molecule has 0 radical (unpaired) electrons. The Bertz CT molecular complexity index is 902. The van der Waals surface area contributed by atoms with Crippen molar-refractivity contribution in [3.8, 4) is 0 Å². The summed E-state index contributed by atoms with van der Waals surface area (Å²) in [6.07, 6.45) is -0.196. The third-order valence-electron chi connectivity index (χ3n) is 4.93. The van der Waals surface area contributed by atoms with E-state index >= 15 is 0 Å². The van der Waals surface area contributed by atoms with Gasteiger partial charge < -0.3 is 10.0 Å². The Labute approximate surface area is 150 Å². The summed E-state index contributed by atoms with van der Waals surface area (Å²) in [4.78, 5) is 40.3. The topological polar surface area (TPSA) is 77.9 Å². The number of benzene rings is 2. The molecule has 0 aliphatic carbocycles. The Morgan fingerprint density at radius 2 is 1.77 bits per heavy atom. The SMILES string of the molecule is Cc1ccc2c(c1)C(O)CCN2C(=O)CN1C(=O)c2ccccc2C1=O. The summed E-state index contributed by atoms with van der Waals surface area (Å²) in [7, 11) is 0. The number of fused-ring (bicyclic) bond motifs is 2. The van der Waals surface area contributed by atoms with E-state index in [9.17, 15) is 19.5 Å². The van der Waals surface area contributed by atoms with Gasteiger partial charge in [0.15, 0.2) is 0 Å². The van der Waals surface area contributed by atoms with Crippen LogP contribution >= 0.6 is 0 Å². The second-order valence-corrected chi connectivity index (χ2v) is 6.65. The first-order valence-electron chi connectivity index (χ1n) is 8.51. The molecular formula is C20H18N2O4. The van der Waals surface area contributed by atoms with Crippen LogP contribution in [0.3, 0.4) is 0 Å². The molecule has 3 amide bonds. The highest BCUT2D eigenvalue weighted by molar-refractivity contribution is 6.22. The average Bonchev–Trinajstić information content (AvgIpc) is 2.88. The summed E-state index contributed by atoms with van der Waals surface area (Å²) in [6.45, 7) is 1.96. The number of hydrogen-bond acceptors (Lipinski definition) is 4. The minimum absolute atomic E-state index is 0.310. The highest BCUT2D eigenvalue weighted by Gasteiger charge is 2.38. The number of anilines is 1. The first-order chi connectivity index (χ1) is 12.5. The van der Waals surface area contributed by atoms with E-state index in [1.165, 1.54) is 0 Å². The summed E-state index contributed by atoms with van der Waals surface area (Å²) in [5.41, 5.74) is 2.99. The molecule has 6 heteroatoms. The van der Waals surface area contributed by atoms with Crippen molar-refractivity contribution in [2.45, 2.75) is 19.4 Å². The van der Waals surface area contributed by atoms with Gasteiger partial charge in [0.05, 0.1) is 17.2 Å². The molecule has 0 fully saturated rings.